The maximum absolute atomic E-state index is 6.11. The molecule has 0 saturated carbocycles. The molecule has 0 bridgehead atoms. The third-order valence-corrected chi connectivity index (χ3v) is 5.86. The molecule has 0 amide bonds. The van der Waals surface area contributed by atoms with Gasteiger partial charge in [0.2, 0.25) is 5.71 Å². The quantitative estimate of drug-likeness (QED) is 0.490. The van der Waals surface area contributed by atoms with Crippen molar-refractivity contribution in [2.75, 3.05) is 0 Å². The van der Waals surface area contributed by atoms with Crippen molar-refractivity contribution in [2.45, 2.75) is 38.9 Å². The topological polar surface area (TPSA) is 57.4 Å². The summed E-state index contributed by atoms with van der Waals surface area (Å²) in [4.78, 5) is 8.94. The molecule has 0 unspecified atom stereocenters. The van der Waals surface area contributed by atoms with E-state index in [1.807, 2.05) is 70.3 Å². The molecule has 0 N–H and O–H groups in total. The molecular formula is C22H21BN2O3. The summed E-state index contributed by atoms with van der Waals surface area (Å²) in [5.41, 5.74) is 3.58. The van der Waals surface area contributed by atoms with Gasteiger partial charge in [0.25, 0.3) is 0 Å². The SMILES string of the molecule is CC1(C)OB(c2ccc(-c3ccc4oc5ncccc5c4c3)nc2)OC1(C)C. The predicted octanol–water partition coefficient (Wildman–Crippen LogP) is 4.34. The number of nitrogens with zero attached hydrogens (tertiary/aromatic N) is 2. The highest BCUT2D eigenvalue weighted by atomic mass is 16.7. The van der Waals surface area contributed by atoms with E-state index in [1.54, 1.807) is 6.20 Å². The van der Waals surface area contributed by atoms with Crippen molar-refractivity contribution in [2.24, 2.45) is 0 Å². The first-order valence-electron chi connectivity index (χ1n) is 9.43. The van der Waals surface area contributed by atoms with Crippen LogP contribution in [0, 0.1) is 0 Å². The number of benzene rings is 1. The third-order valence-electron chi connectivity index (χ3n) is 5.86. The zero-order valence-electron chi connectivity index (χ0n) is 16.4. The monoisotopic (exact) mass is 372 g/mol. The first-order valence-corrected chi connectivity index (χ1v) is 9.43. The predicted molar refractivity (Wildman–Crippen MR) is 110 cm³/mol. The Kier molecular flexibility index (Phi) is 3.67. The Hall–Kier alpha value is -2.70. The van der Waals surface area contributed by atoms with Gasteiger partial charge < -0.3 is 13.7 Å². The van der Waals surface area contributed by atoms with E-state index in [2.05, 4.69) is 16.0 Å². The molecule has 0 atom stereocenters. The molecule has 140 valence electrons. The maximum atomic E-state index is 6.11. The number of rotatable bonds is 2. The van der Waals surface area contributed by atoms with E-state index in [9.17, 15) is 0 Å². The highest BCUT2D eigenvalue weighted by Gasteiger charge is 2.51. The van der Waals surface area contributed by atoms with E-state index in [4.69, 9.17) is 13.7 Å². The van der Waals surface area contributed by atoms with Crippen LogP contribution in [-0.2, 0) is 9.31 Å². The minimum atomic E-state index is -0.405. The number of pyridine rings is 2. The average molecular weight is 372 g/mol. The Labute approximate surface area is 163 Å². The van der Waals surface area contributed by atoms with Crippen LogP contribution in [0.5, 0.6) is 0 Å². The van der Waals surface area contributed by atoms with Crippen LogP contribution in [0.25, 0.3) is 33.3 Å². The zero-order chi connectivity index (χ0) is 19.5. The minimum absolute atomic E-state index is 0.363. The van der Waals surface area contributed by atoms with Crippen molar-refractivity contribution in [3.05, 3.63) is 54.9 Å². The van der Waals surface area contributed by atoms with Crippen molar-refractivity contribution in [3.8, 4) is 11.3 Å². The lowest BCUT2D eigenvalue weighted by atomic mass is 9.80. The van der Waals surface area contributed by atoms with Crippen LogP contribution in [0.4, 0.5) is 0 Å². The van der Waals surface area contributed by atoms with Crippen molar-refractivity contribution in [3.63, 3.8) is 0 Å². The molecule has 1 aromatic carbocycles. The Morgan fingerprint density at radius 3 is 2.36 bits per heavy atom. The van der Waals surface area contributed by atoms with Crippen molar-refractivity contribution in [1.82, 2.24) is 9.97 Å². The van der Waals surface area contributed by atoms with Crippen LogP contribution in [-0.4, -0.2) is 28.3 Å². The normalized spacial score (nSPS) is 18.2. The van der Waals surface area contributed by atoms with E-state index in [1.165, 1.54) is 0 Å². The summed E-state index contributed by atoms with van der Waals surface area (Å²) in [7, 11) is -0.405. The molecule has 4 heterocycles. The molecule has 1 aliphatic rings. The Morgan fingerprint density at radius 1 is 0.857 bits per heavy atom. The number of fused-ring (bicyclic) bond motifs is 3. The summed E-state index contributed by atoms with van der Waals surface area (Å²) >= 11 is 0. The molecule has 0 radical (unpaired) electrons. The Morgan fingerprint density at radius 2 is 1.64 bits per heavy atom. The first-order chi connectivity index (χ1) is 13.3. The Bertz CT molecular complexity index is 1170. The van der Waals surface area contributed by atoms with Gasteiger partial charge in [-0.2, -0.15) is 0 Å². The lowest BCUT2D eigenvalue weighted by molar-refractivity contribution is 0.00578. The van der Waals surface area contributed by atoms with Crippen LogP contribution in [0.2, 0.25) is 0 Å². The van der Waals surface area contributed by atoms with Gasteiger partial charge in [0.15, 0.2) is 0 Å². The van der Waals surface area contributed by atoms with Gasteiger partial charge in [-0.25, -0.2) is 4.98 Å². The molecular weight excluding hydrogens is 351 g/mol. The van der Waals surface area contributed by atoms with Crippen LogP contribution in [0.15, 0.2) is 59.3 Å². The van der Waals surface area contributed by atoms with Gasteiger partial charge in [-0.15, -0.1) is 0 Å². The van der Waals surface area contributed by atoms with E-state index in [-0.39, 0.29) is 11.2 Å². The minimum Gasteiger partial charge on any atom is -0.438 e. The van der Waals surface area contributed by atoms with Crippen molar-refractivity contribution >= 4 is 34.7 Å². The molecule has 3 aromatic heterocycles. The molecule has 5 rings (SSSR count). The van der Waals surface area contributed by atoms with Crippen molar-refractivity contribution in [1.29, 1.82) is 0 Å². The molecule has 5 nitrogen and oxygen atoms in total. The Balaban J connectivity index is 1.48. The van der Waals surface area contributed by atoms with E-state index in [0.717, 1.165) is 33.1 Å². The number of hydrogen-bond acceptors (Lipinski definition) is 5. The second kappa shape index (κ2) is 5.90. The van der Waals surface area contributed by atoms with Gasteiger partial charge in [-0.3, -0.25) is 4.98 Å². The van der Waals surface area contributed by atoms with Gasteiger partial charge in [0.1, 0.15) is 5.58 Å². The lowest BCUT2D eigenvalue weighted by Gasteiger charge is -2.32. The van der Waals surface area contributed by atoms with Crippen LogP contribution in [0.1, 0.15) is 27.7 Å². The first kappa shape index (κ1) is 17.4. The number of hydrogen-bond donors (Lipinski definition) is 0. The summed E-state index contributed by atoms with van der Waals surface area (Å²) in [5, 5.41) is 2.05. The molecule has 28 heavy (non-hydrogen) atoms. The summed E-state index contributed by atoms with van der Waals surface area (Å²) in [6.07, 6.45) is 3.57. The largest absolute Gasteiger partial charge is 0.496 e. The van der Waals surface area contributed by atoms with Gasteiger partial charge in [0, 0.05) is 34.2 Å². The summed E-state index contributed by atoms with van der Waals surface area (Å²) < 4.78 is 18.0. The maximum Gasteiger partial charge on any atom is 0.496 e. The lowest BCUT2D eigenvalue weighted by Crippen LogP contribution is -2.41. The van der Waals surface area contributed by atoms with Gasteiger partial charge in [0.05, 0.1) is 16.9 Å². The summed E-state index contributed by atoms with van der Waals surface area (Å²) in [6, 6.07) is 14.0. The molecule has 4 aromatic rings. The molecule has 0 aliphatic carbocycles. The highest BCUT2D eigenvalue weighted by Crippen LogP contribution is 2.36. The number of aromatic nitrogens is 2. The van der Waals surface area contributed by atoms with E-state index < -0.39 is 7.12 Å². The molecule has 1 fully saturated rings. The van der Waals surface area contributed by atoms with Crippen LogP contribution >= 0.6 is 0 Å². The third kappa shape index (κ3) is 2.64. The fraction of sp³-hybridized carbons (Fsp3) is 0.273. The van der Waals surface area contributed by atoms with Gasteiger partial charge in [-0.05, 0) is 64.1 Å². The van der Waals surface area contributed by atoms with Crippen LogP contribution < -0.4 is 5.46 Å². The molecule has 6 heteroatoms. The molecule has 1 saturated heterocycles. The van der Waals surface area contributed by atoms with Gasteiger partial charge in [-0.1, -0.05) is 6.07 Å². The summed E-state index contributed by atoms with van der Waals surface area (Å²) in [5.74, 6) is 0. The zero-order valence-corrected chi connectivity index (χ0v) is 16.4. The fourth-order valence-electron chi connectivity index (χ4n) is 3.46. The second-order valence-electron chi connectivity index (χ2n) is 8.23. The fourth-order valence-corrected chi connectivity index (χ4v) is 3.46. The molecule has 1 aliphatic heterocycles. The van der Waals surface area contributed by atoms with E-state index >= 15 is 0 Å². The van der Waals surface area contributed by atoms with Crippen LogP contribution in [0.3, 0.4) is 0 Å². The smallest absolute Gasteiger partial charge is 0.438 e. The van der Waals surface area contributed by atoms with Crippen molar-refractivity contribution < 1.29 is 13.7 Å². The second-order valence-corrected chi connectivity index (χ2v) is 8.23. The highest BCUT2D eigenvalue weighted by molar-refractivity contribution is 6.62. The average Bonchev–Trinajstić information content (AvgIpc) is 3.15. The molecule has 0 spiro atoms. The standard InChI is InChI=1S/C22H21BN2O3/c1-21(2)22(3,4)28-23(27-21)15-8-9-18(25-13-15)14-7-10-19-17(12-14)16-6-5-11-24-20(16)26-19/h5-13H,1-4H3. The van der Waals surface area contributed by atoms with E-state index in [0.29, 0.717) is 5.71 Å². The number of furan rings is 1. The summed E-state index contributed by atoms with van der Waals surface area (Å²) in [6.45, 7) is 8.20. The van der Waals surface area contributed by atoms with Gasteiger partial charge >= 0.3 is 7.12 Å².